The number of hydrogen-bond donors (Lipinski definition) is 2. The van der Waals surface area contributed by atoms with Crippen LogP contribution in [0.2, 0.25) is 0 Å². The number of nitrogens with zero attached hydrogens (tertiary/aromatic N) is 1. The Morgan fingerprint density at radius 1 is 0.939 bits per heavy atom. The molecule has 2 aliphatic carbocycles. The lowest BCUT2D eigenvalue weighted by Crippen LogP contribution is -2.74. The molecule has 1 fully saturated rings. The molecule has 0 amide bonds. The Labute approximate surface area is 294 Å². The topological polar surface area (TPSA) is 113 Å². The van der Waals surface area contributed by atoms with Crippen LogP contribution in [0.4, 0.5) is 0 Å². The van der Waals surface area contributed by atoms with Gasteiger partial charge in [0.15, 0.2) is 17.6 Å². The molecular formula is C41H61NO7. The van der Waals surface area contributed by atoms with E-state index in [-0.39, 0.29) is 42.6 Å². The third-order valence-electron chi connectivity index (χ3n) is 12.0. The van der Waals surface area contributed by atoms with Crippen LogP contribution >= 0.6 is 0 Å². The summed E-state index contributed by atoms with van der Waals surface area (Å²) < 4.78 is 12.4. The minimum absolute atomic E-state index is 0.00628. The molecule has 49 heavy (non-hydrogen) atoms. The third-order valence-corrected chi connectivity index (χ3v) is 12.0. The molecule has 0 saturated carbocycles. The number of Topliss-reactive ketones (excluding diaryl/α,β-unsaturated/α-hetero) is 2. The summed E-state index contributed by atoms with van der Waals surface area (Å²) in [4.78, 5) is 41.0. The van der Waals surface area contributed by atoms with Crippen LogP contribution in [0.15, 0.2) is 24.0 Å². The molecule has 4 aliphatic rings. The van der Waals surface area contributed by atoms with Crippen molar-refractivity contribution in [3.8, 4) is 11.5 Å². The summed E-state index contributed by atoms with van der Waals surface area (Å²) in [7, 11) is 2.02. The fourth-order valence-electron chi connectivity index (χ4n) is 9.29. The number of ether oxygens (including phenoxy) is 2. The van der Waals surface area contributed by atoms with E-state index in [4.69, 9.17) is 9.47 Å². The minimum Gasteiger partial charge on any atom is -0.504 e. The number of benzene rings is 1. The number of carbonyl (C=O) groups is 3. The monoisotopic (exact) mass is 679 g/mol. The van der Waals surface area contributed by atoms with Gasteiger partial charge in [0.2, 0.25) is 0 Å². The molecule has 8 nitrogen and oxygen atoms in total. The molecule has 5 atom stereocenters. The number of aliphatic hydroxyl groups is 1. The molecule has 2 N–H and O–H groups in total. The second-order valence-corrected chi connectivity index (χ2v) is 15.6. The van der Waals surface area contributed by atoms with Crippen LogP contribution in [-0.2, 0) is 31.0 Å². The Kier molecular flexibility index (Phi) is 13.0. The molecule has 5 rings (SSSR count). The highest BCUT2D eigenvalue weighted by atomic mass is 16.6. The molecule has 1 aromatic rings. The number of likely N-dealkylation sites (tertiary alicyclic amines) is 1. The largest absolute Gasteiger partial charge is 0.504 e. The van der Waals surface area contributed by atoms with Crippen LogP contribution in [0.1, 0.15) is 153 Å². The predicted octanol–water partition coefficient (Wildman–Crippen LogP) is 8.03. The van der Waals surface area contributed by atoms with Gasteiger partial charge in [-0.05, 0) is 57.5 Å². The first kappa shape index (κ1) is 37.5. The first-order chi connectivity index (χ1) is 23.6. The van der Waals surface area contributed by atoms with Gasteiger partial charge in [-0.1, -0.05) is 103 Å². The molecule has 1 aromatic carbocycles. The number of piperidine rings is 1. The van der Waals surface area contributed by atoms with Crippen molar-refractivity contribution in [2.45, 2.75) is 172 Å². The summed E-state index contributed by atoms with van der Waals surface area (Å²) in [6.45, 7) is 4.42. The normalized spacial score (nSPS) is 25.7. The van der Waals surface area contributed by atoms with Crippen LogP contribution in [-0.4, -0.2) is 64.0 Å². The number of aromatic hydroxyl groups is 1. The van der Waals surface area contributed by atoms with Crippen molar-refractivity contribution in [3.05, 3.63) is 35.1 Å². The average Bonchev–Trinajstić information content (AvgIpc) is 3.43. The van der Waals surface area contributed by atoms with Crippen LogP contribution in [0.25, 0.3) is 0 Å². The number of phenolic OH excluding ortho intramolecular Hbond substituents is 1. The maximum atomic E-state index is 13.6. The highest BCUT2D eigenvalue weighted by Crippen LogP contribution is 2.65. The number of carbonyl (C=O) groups excluding carboxylic acids is 3. The van der Waals surface area contributed by atoms with Crippen LogP contribution in [0, 0.1) is 5.92 Å². The van der Waals surface area contributed by atoms with Gasteiger partial charge in [-0.3, -0.25) is 9.59 Å². The van der Waals surface area contributed by atoms with Crippen molar-refractivity contribution < 1.29 is 34.1 Å². The van der Waals surface area contributed by atoms with Gasteiger partial charge < -0.3 is 29.4 Å². The van der Waals surface area contributed by atoms with Crippen molar-refractivity contribution in [2.24, 2.45) is 5.92 Å². The fourth-order valence-corrected chi connectivity index (χ4v) is 9.29. The second-order valence-electron chi connectivity index (χ2n) is 15.6. The number of unbranched alkanes of at least 4 members (excludes halogenated alkanes) is 14. The molecular weight excluding hydrogens is 618 g/mol. The number of rotatable bonds is 22. The quantitative estimate of drug-likeness (QED) is 0.0936. The number of likely N-dealkylation sites (N-methyl/N-ethyl adjacent to an activating group) is 1. The SMILES string of the molecule is CCCCCCCCCCCCCCCCCC(=O)C[C@@H](CC(C)=O)C(=O)OC1=CC[C@@]2(O)[C@H]3Cc4ccc(O)c5c4[C@@]2(CCN3C)[C@H]1O5. The van der Waals surface area contributed by atoms with Crippen molar-refractivity contribution >= 4 is 17.5 Å². The molecule has 1 spiro atoms. The molecule has 0 unspecified atom stereocenters. The smallest absolute Gasteiger partial charge is 0.315 e. The summed E-state index contributed by atoms with van der Waals surface area (Å²) in [6, 6.07) is 3.39. The Hall–Kier alpha value is -2.71. The zero-order valence-electron chi connectivity index (χ0n) is 30.4. The number of ketones is 2. The lowest BCUT2D eigenvalue weighted by Gasteiger charge is -2.61. The highest BCUT2D eigenvalue weighted by molar-refractivity contribution is 5.88. The van der Waals surface area contributed by atoms with E-state index in [9.17, 15) is 24.6 Å². The van der Waals surface area contributed by atoms with Crippen LogP contribution < -0.4 is 4.74 Å². The van der Waals surface area contributed by atoms with E-state index in [0.29, 0.717) is 30.8 Å². The van der Waals surface area contributed by atoms with Gasteiger partial charge >= 0.3 is 5.97 Å². The zero-order chi connectivity index (χ0) is 35.0. The molecule has 0 aromatic heterocycles. The van der Waals surface area contributed by atoms with E-state index >= 15 is 0 Å². The lowest BCUT2D eigenvalue weighted by atomic mass is 9.50. The van der Waals surface area contributed by atoms with Gasteiger partial charge in [0.25, 0.3) is 0 Å². The first-order valence-electron chi connectivity index (χ1n) is 19.5. The van der Waals surface area contributed by atoms with Crippen molar-refractivity contribution in [1.29, 1.82) is 0 Å². The molecule has 8 heteroatoms. The predicted molar refractivity (Wildman–Crippen MR) is 191 cm³/mol. The van der Waals surface area contributed by atoms with E-state index in [1.165, 1.54) is 84.0 Å². The maximum Gasteiger partial charge on any atom is 0.315 e. The third kappa shape index (κ3) is 8.11. The van der Waals surface area contributed by atoms with E-state index in [1.807, 2.05) is 13.1 Å². The standard InChI is InChI=1S/C41H61NO7/c1-4-5-6-7-8-9-10-11-12-13-14-15-16-17-18-19-32(44)27-31(26-29(2)43)39(46)48-34-22-23-41(47)35-28-30-20-21-33(45)37-36(30)40(41,38(34)49-37)24-25-42(35)3/h20-22,31,35,38,45,47H,4-19,23-28H2,1-3H3/t31-,35-,38+,40+,41-/m1/s1. The van der Waals surface area contributed by atoms with Crippen LogP contribution in [0.5, 0.6) is 11.5 Å². The molecule has 2 aliphatic heterocycles. The molecule has 0 radical (unpaired) electrons. The van der Waals surface area contributed by atoms with Crippen molar-refractivity contribution in [1.82, 2.24) is 4.90 Å². The summed E-state index contributed by atoms with van der Waals surface area (Å²) in [5.41, 5.74) is -0.169. The van der Waals surface area contributed by atoms with E-state index in [2.05, 4.69) is 11.8 Å². The summed E-state index contributed by atoms with van der Waals surface area (Å²) in [6.07, 6.45) is 21.6. The van der Waals surface area contributed by atoms with Gasteiger partial charge in [0.1, 0.15) is 17.3 Å². The molecule has 2 heterocycles. The number of phenols is 1. The first-order valence-corrected chi connectivity index (χ1v) is 19.5. The summed E-state index contributed by atoms with van der Waals surface area (Å²) in [5.74, 6) is -1.02. The van der Waals surface area contributed by atoms with Crippen LogP contribution in [0.3, 0.4) is 0 Å². The van der Waals surface area contributed by atoms with Crippen molar-refractivity contribution in [3.63, 3.8) is 0 Å². The number of esters is 1. The maximum absolute atomic E-state index is 13.6. The van der Waals surface area contributed by atoms with E-state index in [0.717, 1.165) is 36.9 Å². The fraction of sp³-hybridized carbons (Fsp3) is 0.732. The Morgan fingerprint density at radius 2 is 1.55 bits per heavy atom. The molecule has 272 valence electrons. The summed E-state index contributed by atoms with van der Waals surface area (Å²) >= 11 is 0. The second kappa shape index (κ2) is 17.0. The molecule has 2 bridgehead atoms. The highest BCUT2D eigenvalue weighted by Gasteiger charge is 2.72. The molecule has 1 saturated heterocycles. The van der Waals surface area contributed by atoms with E-state index < -0.39 is 29.0 Å². The average molecular weight is 680 g/mol. The van der Waals surface area contributed by atoms with Gasteiger partial charge in [0.05, 0.1) is 16.9 Å². The summed E-state index contributed by atoms with van der Waals surface area (Å²) in [5, 5.41) is 23.1. The number of hydrogen-bond acceptors (Lipinski definition) is 8. The van der Waals surface area contributed by atoms with Gasteiger partial charge in [-0.25, -0.2) is 0 Å². The minimum atomic E-state index is -1.16. The van der Waals surface area contributed by atoms with Gasteiger partial charge in [0, 0.05) is 37.3 Å². The Balaban J connectivity index is 1.08. The Bertz CT molecular complexity index is 1360. The van der Waals surface area contributed by atoms with E-state index in [1.54, 1.807) is 12.1 Å². The van der Waals surface area contributed by atoms with Gasteiger partial charge in [-0.2, -0.15) is 0 Å². The lowest BCUT2D eigenvalue weighted by molar-refractivity contribution is -0.171. The van der Waals surface area contributed by atoms with Crippen molar-refractivity contribution in [2.75, 3.05) is 13.6 Å². The Morgan fingerprint density at radius 3 is 2.16 bits per heavy atom. The van der Waals surface area contributed by atoms with Gasteiger partial charge in [-0.15, -0.1) is 0 Å². The zero-order valence-corrected chi connectivity index (χ0v) is 30.4.